The van der Waals surface area contributed by atoms with E-state index in [2.05, 4.69) is 55.0 Å². The number of benzene rings is 6. The van der Waals surface area contributed by atoms with Crippen LogP contribution in [0.4, 0.5) is 34.1 Å². The second kappa shape index (κ2) is 29.5. The molecule has 0 bridgehead atoms. The molecule has 4 amide bonds. The van der Waals surface area contributed by atoms with Crippen molar-refractivity contribution in [2.45, 2.75) is 11.5 Å². The summed E-state index contributed by atoms with van der Waals surface area (Å²) in [6, 6.07) is 44.4. The smallest absolute Gasteiger partial charge is 0.337 e. The molecule has 6 aromatic rings. The molecular weight excluding hydrogens is 1200 g/mol. The Hall–Kier alpha value is -9.12. The van der Waals surface area contributed by atoms with Crippen molar-refractivity contribution >= 4 is 112 Å². The van der Waals surface area contributed by atoms with Gasteiger partial charge in [-0.05, 0) is 105 Å². The molecule has 0 spiro atoms. The third-order valence-corrected chi connectivity index (χ3v) is 18.7. The molecule has 474 valence electrons. The zero-order chi connectivity index (χ0) is 65.0. The molecule has 4 heterocycles. The Labute approximate surface area is 523 Å². The zero-order valence-electron chi connectivity index (χ0n) is 50.8. The molecule has 10 rings (SSSR count). The number of methoxy groups -OCH3 is 2. The predicted octanol–water partition coefficient (Wildman–Crippen LogP) is 6.34. The molecule has 0 atom stereocenters. The van der Waals surface area contributed by atoms with Gasteiger partial charge in [-0.3, -0.25) is 38.1 Å². The van der Waals surface area contributed by atoms with Crippen molar-refractivity contribution in [1.29, 1.82) is 0 Å². The second-order valence-electron chi connectivity index (χ2n) is 21.6. The van der Waals surface area contributed by atoms with Crippen molar-refractivity contribution in [3.05, 3.63) is 179 Å². The van der Waals surface area contributed by atoms with Crippen LogP contribution in [0.3, 0.4) is 0 Å². The van der Waals surface area contributed by atoms with Crippen molar-refractivity contribution in [2.75, 3.05) is 139 Å². The van der Waals surface area contributed by atoms with Crippen LogP contribution >= 0.6 is 0 Å². The summed E-state index contributed by atoms with van der Waals surface area (Å²) in [6.07, 6.45) is 0. The zero-order valence-corrected chi connectivity index (χ0v) is 52.4. The fourth-order valence-corrected chi connectivity index (χ4v) is 11.2. The molecule has 2 saturated heterocycles. The van der Waals surface area contributed by atoms with E-state index in [0.29, 0.717) is 76.2 Å². The van der Waals surface area contributed by atoms with Gasteiger partial charge in [-0.25, -0.2) is 9.59 Å². The monoisotopic (exact) mass is 1270 g/mol. The van der Waals surface area contributed by atoms with E-state index in [1.54, 1.807) is 60.3 Å². The molecule has 0 aromatic heterocycles. The summed E-state index contributed by atoms with van der Waals surface area (Å²) in [4.78, 5) is 88.6. The Morgan fingerprint density at radius 3 is 1.14 bits per heavy atom. The minimum atomic E-state index is -4.70. The molecule has 0 saturated carbocycles. The van der Waals surface area contributed by atoms with E-state index >= 15 is 0 Å². The first-order valence-corrected chi connectivity index (χ1v) is 31.5. The van der Waals surface area contributed by atoms with Crippen molar-refractivity contribution in [2.24, 2.45) is 0 Å². The summed E-state index contributed by atoms with van der Waals surface area (Å²) < 4.78 is 63.6. The van der Waals surface area contributed by atoms with Gasteiger partial charge in [0, 0.05) is 100 Å². The highest BCUT2D eigenvalue weighted by molar-refractivity contribution is 8.03. The third kappa shape index (κ3) is 16.8. The maximum absolute atomic E-state index is 13.2. The summed E-state index contributed by atoms with van der Waals surface area (Å²) in [6.45, 7) is 8.83. The average molecular weight is 1270 g/mol. The summed E-state index contributed by atoms with van der Waals surface area (Å²) in [5, 5.41) is 12.6. The highest BCUT2D eigenvalue weighted by Gasteiger charge is 2.33. The Kier molecular flexibility index (Phi) is 21.9. The first-order chi connectivity index (χ1) is 42.8. The third-order valence-electron chi connectivity index (χ3n) is 15.5. The molecule has 24 nitrogen and oxygen atoms in total. The number of nitrogens with zero attached hydrogens (tertiary/aromatic N) is 6. The number of carbonyl (C=O) groups excluding carboxylic acids is 6. The summed E-state index contributed by atoms with van der Waals surface area (Å²) in [5.41, 5.74) is 10.2. The van der Waals surface area contributed by atoms with E-state index in [0.717, 1.165) is 86.2 Å². The van der Waals surface area contributed by atoms with Gasteiger partial charge in [0.15, 0.2) is 0 Å². The lowest BCUT2D eigenvalue weighted by molar-refractivity contribution is -0.120. The molecule has 6 N–H and O–H groups in total. The molecule has 4 aliphatic rings. The number of esters is 2. The Morgan fingerprint density at radius 1 is 0.511 bits per heavy atom. The number of ether oxygens (including phenoxy) is 2. The quantitative estimate of drug-likeness (QED) is 0.0350. The van der Waals surface area contributed by atoms with Crippen LogP contribution in [0.1, 0.15) is 49.9 Å². The molecule has 6 aromatic carbocycles. The number of piperazine rings is 2. The van der Waals surface area contributed by atoms with E-state index in [9.17, 15) is 45.6 Å². The van der Waals surface area contributed by atoms with Crippen LogP contribution in [0.5, 0.6) is 0 Å². The SMILES string of the molecule is CC(S(=O)(=O)O)S(=O)(=O)O.COC(=O)c1ccc2c(c1)NC(=O)/C2=C(\Nc1ccc(N(C)C(=O)CN2CCN(C)CC2)cc1)c1ccccc1.COC(=O)c1ccc2c(c1)NC(=O)/C2=C(\Nc1ccc(N(C)C(=O)CN2CCN(C)CC2)cc1)c1ccccc1. The largest absolute Gasteiger partial charge is 0.465 e. The lowest BCUT2D eigenvalue weighted by Gasteiger charge is -2.32. The van der Waals surface area contributed by atoms with Crippen LogP contribution in [0.15, 0.2) is 146 Å². The Bertz CT molecular complexity index is 3680. The summed E-state index contributed by atoms with van der Waals surface area (Å²) in [5.74, 6) is -1.39. The van der Waals surface area contributed by atoms with Crippen LogP contribution in [-0.4, -0.2) is 194 Å². The molecular formula is C64H72N10O14S2. The van der Waals surface area contributed by atoms with Gasteiger partial charge in [0.25, 0.3) is 32.1 Å². The number of fused-ring (bicyclic) bond motifs is 2. The molecule has 90 heavy (non-hydrogen) atoms. The van der Waals surface area contributed by atoms with Crippen molar-refractivity contribution in [1.82, 2.24) is 19.6 Å². The maximum atomic E-state index is 13.2. The van der Waals surface area contributed by atoms with E-state index in [1.165, 1.54) is 14.2 Å². The van der Waals surface area contributed by atoms with Crippen molar-refractivity contribution in [3.63, 3.8) is 0 Å². The van der Waals surface area contributed by atoms with Gasteiger partial charge >= 0.3 is 11.9 Å². The number of likely N-dealkylation sites (N-methyl/N-ethyl adjacent to an activating group) is 4. The van der Waals surface area contributed by atoms with Crippen LogP contribution in [0.25, 0.3) is 22.5 Å². The Balaban J connectivity index is 0.000000202. The fraction of sp³-hybridized carbons (Fsp3) is 0.281. The number of rotatable bonds is 16. The van der Waals surface area contributed by atoms with Gasteiger partial charge in [0.1, 0.15) is 0 Å². The first kappa shape index (κ1) is 66.8. The van der Waals surface area contributed by atoms with Gasteiger partial charge in [0.05, 0.1) is 72.4 Å². The molecule has 2 fully saturated rings. The van der Waals surface area contributed by atoms with Gasteiger partial charge in [-0.1, -0.05) is 72.8 Å². The molecule has 0 radical (unpaired) electrons. The Morgan fingerprint density at radius 2 is 0.844 bits per heavy atom. The standard InChI is InChI=1S/2C31H33N5O4.C2H6O6S2/c2*1-34-15-17-36(18-16-34)20-27(37)35(2)24-12-10-23(11-13-24)32-29(21-7-5-4-6-8-21)28-25-14-9-22(31(39)40-3)19-26(25)33-30(28)38;1-2(9(3,4)5)10(6,7)8/h2*4-14,19,32H,15-18,20H2,1-3H3,(H,33,38);2H,1H3,(H,3,4,5)(H,6,7,8)/b2*29-28-;. The minimum absolute atomic E-state index is 0.0444. The number of amides is 4. The van der Waals surface area contributed by atoms with E-state index in [4.69, 9.17) is 18.6 Å². The number of hydrogen-bond donors (Lipinski definition) is 6. The van der Waals surface area contributed by atoms with Crippen LogP contribution in [0, 0.1) is 0 Å². The lowest BCUT2D eigenvalue weighted by atomic mass is 9.99. The fourth-order valence-electron chi connectivity index (χ4n) is 9.97. The number of nitrogens with one attached hydrogen (secondary N) is 4. The van der Waals surface area contributed by atoms with Gasteiger partial charge in [0.2, 0.25) is 16.4 Å². The first-order valence-electron chi connectivity index (χ1n) is 28.5. The minimum Gasteiger partial charge on any atom is -0.465 e. The average Bonchev–Trinajstić information content (AvgIpc) is 1.73. The van der Waals surface area contributed by atoms with Crippen LogP contribution in [0.2, 0.25) is 0 Å². The highest BCUT2D eigenvalue weighted by Crippen LogP contribution is 2.40. The number of hydrogen-bond acceptors (Lipinski definition) is 18. The van der Waals surface area contributed by atoms with Crippen molar-refractivity contribution in [3.8, 4) is 0 Å². The van der Waals surface area contributed by atoms with Gasteiger partial charge in [-0.15, -0.1) is 0 Å². The normalized spacial score (nSPS) is 16.3. The van der Waals surface area contributed by atoms with E-state index < -0.39 is 36.8 Å². The maximum Gasteiger partial charge on any atom is 0.337 e. The van der Waals surface area contributed by atoms with Crippen LogP contribution < -0.4 is 31.1 Å². The summed E-state index contributed by atoms with van der Waals surface area (Å²) in [7, 11) is 1.03. The number of anilines is 6. The number of carbonyl (C=O) groups is 6. The highest BCUT2D eigenvalue weighted by atomic mass is 32.3. The lowest BCUT2D eigenvalue weighted by Crippen LogP contribution is -2.48. The second-order valence-corrected chi connectivity index (χ2v) is 25.4. The molecule has 26 heteroatoms. The molecule has 0 unspecified atom stereocenters. The molecule has 4 aliphatic heterocycles. The van der Waals surface area contributed by atoms with E-state index in [1.807, 2.05) is 109 Å². The van der Waals surface area contributed by atoms with E-state index in [-0.39, 0.29) is 23.6 Å². The van der Waals surface area contributed by atoms with Gasteiger partial charge in [-0.2, -0.15) is 16.8 Å². The summed E-state index contributed by atoms with van der Waals surface area (Å²) >= 11 is 0. The predicted molar refractivity (Wildman–Crippen MR) is 347 cm³/mol. The topological polar surface area (TPSA) is 297 Å². The van der Waals surface area contributed by atoms with Crippen molar-refractivity contribution < 1.29 is 64.2 Å². The van der Waals surface area contributed by atoms with Gasteiger partial charge < -0.3 is 50.3 Å². The molecule has 0 aliphatic carbocycles. The van der Waals surface area contributed by atoms with Crippen LogP contribution in [-0.2, 0) is 48.9 Å².